The molecular formula is C42H40N4O7. The smallest absolute Gasteiger partial charge is 0.321 e. The second kappa shape index (κ2) is 14.3. The molecule has 4 aliphatic heterocycles. The van der Waals surface area contributed by atoms with Crippen LogP contribution in [0.2, 0.25) is 0 Å². The van der Waals surface area contributed by atoms with Crippen LogP contribution in [0.5, 0.6) is 23.0 Å². The summed E-state index contributed by atoms with van der Waals surface area (Å²) in [6, 6.07) is 29.8. The summed E-state index contributed by atoms with van der Waals surface area (Å²) in [5.74, 6) is 1.75. The number of nitrogens with zero attached hydrogens (tertiary/aromatic N) is 4. The normalized spacial score (nSPS) is 22.7. The maximum absolute atomic E-state index is 15.4. The van der Waals surface area contributed by atoms with Gasteiger partial charge in [-0.15, -0.1) is 0 Å². The molecule has 4 heterocycles. The van der Waals surface area contributed by atoms with Crippen LogP contribution in [0.25, 0.3) is 0 Å². The molecule has 2 fully saturated rings. The van der Waals surface area contributed by atoms with Gasteiger partial charge in [-0.25, -0.2) is 4.79 Å². The third-order valence-electron chi connectivity index (χ3n) is 10.1. The number of rotatable bonds is 8. The highest BCUT2D eigenvalue weighted by Gasteiger charge is 2.55. The molecule has 11 heteroatoms. The first-order chi connectivity index (χ1) is 25.8. The van der Waals surface area contributed by atoms with Gasteiger partial charge in [-0.2, -0.15) is 10.5 Å². The second-order valence-corrected chi connectivity index (χ2v) is 14.2. The average Bonchev–Trinajstić information content (AvgIpc) is 3.48. The third kappa shape index (κ3) is 7.19. The average molecular weight is 713 g/mol. The molecule has 0 bridgehead atoms. The van der Waals surface area contributed by atoms with Crippen molar-refractivity contribution in [3.8, 4) is 35.1 Å². The second-order valence-electron chi connectivity index (χ2n) is 14.2. The van der Waals surface area contributed by atoms with Crippen molar-refractivity contribution in [2.24, 2.45) is 0 Å². The highest BCUT2D eigenvalue weighted by Crippen LogP contribution is 2.42. The molecule has 0 unspecified atom stereocenters. The van der Waals surface area contributed by atoms with Crippen molar-refractivity contribution in [3.05, 3.63) is 118 Å². The number of ether oxygens (including phenoxy) is 6. The highest BCUT2D eigenvalue weighted by molar-refractivity contribution is 5.76. The van der Waals surface area contributed by atoms with Crippen LogP contribution in [0.4, 0.5) is 4.79 Å². The molecule has 0 aliphatic carbocycles. The van der Waals surface area contributed by atoms with Crippen molar-refractivity contribution in [1.29, 1.82) is 10.5 Å². The van der Waals surface area contributed by atoms with Gasteiger partial charge in [-0.3, -0.25) is 0 Å². The largest absolute Gasteiger partial charge is 0.486 e. The Kier molecular flexibility index (Phi) is 9.30. The number of nitriles is 2. The van der Waals surface area contributed by atoms with Gasteiger partial charge in [-0.1, -0.05) is 36.4 Å². The lowest BCUT2D eigenvalue weighted by molar-refractivity contribution is -0.157. The first-order valence-corrected chi connectivity index (χ1v) is 17.9. The number of carbonyl (C=O) groups is 1. The predicted octanol–water partition coefficient (Wildman–Crippen LogP) is 6.15. The summed E-state index contributed by atoms with van der Waals surface area (Å²) >= 11 is 0. The van der Waals surface area contributed by atoms with Gasteiger partial charge in [0.2, 0.25) is 0 Å². The van der Waals surface area contributed by atoms with Crippen LogP contribution >= 0.6 is 0 Å². The molecule has 4 aliphatic rings. The summed E-state index contributed by atoms with van der Waals surface area (Å²) in [5.41, 5.74) is 4.55. The molecule has 0 N–H and O–H groups in total. The van der Waals surface area contributed by atoms with Crippen molar-refractivity contribution in [2.75, 3.05) is 26.4 Å². The van der Waals surface area contributed by atoms with Crippen LogP contribution in [-0.2, 0) is 35.4 Å². The first-order valence-electron chi connectivity index (χ1n) is 17.9. The monoisotopic (exact) mass is 712 g/mol. The Balaban J connectivity index is 1.26. The van der Waals surface area contributed by atoms with Crippen LogP contribution in [0, 0.1) is 22.7 Å². The number of hydrogen-bond donors (Lipinski definition) is 0. The lowest BCUT2D eigenvalue weighted by Gasteiger charge is -2.37. The molecule has 2 amide bonds. The molecule has 2 saturated heterocycles. The maximum atomic E-state index is 15.4. The van der Waals surface area contributed by atoms with E-state index in [1.807, 2.05) is 96.4 Å². The van der Waals surface area contributed by atoms with Crippen molar-refractivity contribution in [1.82, 2.24) is 9.80 Å². The number of urea groups is 1. The van der Waals surface area contributed by atoms with E-state index in [2.05, 4.69) is 12.1 Å². The van der Waals surface area contributed by atoms with Crippen molar-refractivity contribution in [3.63, 3.8) is 0 Å². The van der Waals surface area contributed by atoms with E-state index < -0.39 is 30.1 Å². The molecule has 0 spiro atoms. The summed E-state index contributed by atoms with van der Waals surface area (Å²) in [5, 5.41) is 19.5. The number of benzene rings is 4. The fourth-order valence-corrected chi connectivity index (χ4v) is 7.82. The minimum Gasteiger partial charge on any atom is -0.486 e. The van der Waals surface area contributed by atoms with E-state index >= 15 is 4.79 Å². The maximum Gasteiger partial charge on any atom is 0.321 e. The summed E-state index contributed by atoms with van der Waals surface area (Å²) in [4.78, 5) is 19.2. The number of carbonyl (C=O) groups excluding carboxylic acids is 1. The van der Waals surface area contributed by atoms with E-state index in [1.165, 1.54) is 0 Å². The molecule has 11 nitrogen and oxygen atoms in total. The fraction of sp³-hybridized carbons (Fsp3) is 0.357. The Bertz CT molecular complexity index is 1960. The lowest BCUT2D eigenvalue weighted by atomic mass is 9.90. The number of amides is 2. The summed E-state index contributed by atoms with van der Waals surface area (Å²) < 4.78 is 37.2. The van der Waals surface area contributed by atoms with Crippen LogP contribution in [-0.4, -0.2) is 72.3 Å². The molecule has 0 aromatic heterocycles. The SMILES string of the molecule is CC1(C)O[C@@H]2[C@@H](O1)[C@@H](Cc1ccc3c(c1)OCCO3)N(Cc1cccc(C#N)c1)C(=O)N(Cc1cccc(C#N)c1)[C@@H]2Cc1ccc2c(c1)OCCO2. The Morgan fingerprint density at radius 1 is 0.604 bits per heavy atom. The van der Waals surface area contributed by atoms with Gasteiger partial charge >= 0.3 is 6.03 Å². The highest BCUT2D eigenvalue weighted by atomic mass is 16.8. The van der Waals surface area contributed by atoms with Crippen LogP contribution in [0.15, 0.2) is 84.9 Å². The molecule has 0 saturated carbocycles. The molecule has 4 aromatic rings. The summed E-state index contributed by atoms with van der Waals surface area (Å²) in [6.45, 7) is 6.16. The minimum atomic E-state index is -0.954. The van der Waals surface area contributed by atoms with Gasteiger partial charge in [0, 0.05) is 13.1 Å². The van der Waals surface area contributed by atoms with Crippen LogP contribution in [0.1, 0.15) is 47.2 Å². The molecule has 270 valence electrons. The molecule has 8 rings (SSSR count). The van der Waals surface area contributed by atoms with E-state index in [0.717, 1.165) is 22.3 Å². The zero-order valence-electron chi connectivity index (χ0n) is 29.7. The van der Waals surface area contributed by atoms with Crippen molar-refractivity contribution in [2.45, 2.75) is 69.9 Å². The number of hydrogen-bond acceptors (Lipinski definition) is 9. The molecule has 4 atom stereocenters. The van der Waals surface area contributed by atoms with Gasteiger partial charge in [0.05, 0.1) is 35.3 Å². The molecular weight excluding hydrogens is 672 g/mol. The standard InChI is InChI=1S/C42H40N4O7/c1-42(2)52-39-33(19-27-9-11-35-37(21-27)50-15-13-48-35)45(25-31-7-3-5-29(17-31)23-43)41(47)46(26-32-8-4-6-30(18-32)24-44)34(40(39)53-42)20-28-10-12-36-38(22-28)51-16-14-49-36/h3-12,17-18,21-22,33-34,39-40H,13-16,19-20,25-26H2,1-2H3/t33-,34-,39+,40+/m1/s1. The van der Waals surface area contributed by atoms with Gasteiger partial charge < -0.3 is 38.2 Å². The summed E-state index contributed by atoms with van der Waals surface area (Å²) in [6.07, 6.45) is -0.205. The van der Waals surface area contributed by atoms with Crippen molar-refractivity contribution < 1.29 is 33.2 Å². The topological polar surface area (TPSA) is 127 Å². The fourth-order valence-electron chi connectivity index (χ4n) is 7.82. The minimum absolute atomic E-state index is 0.209. The molecule has 4 aromatic carbocycles. The lowest BCUT2D eigenvalue weighted by Crippen LogP contribution is -2.51. The van der Waals surface area contributed by atoms with Gasteiger partial charge in [0.25, 0.3) is 0 Å². The first kappa shape index (κ1) is 34.3. The number of fused-ring (bicyclic) bond motifs is 3. The van der Waals surface area contributed by atoms with Gasteiger partial charge in [0.1, 0.15) is 38.6 Å². The van der Waals surface area contributed by atoms with Gasteiger partial charge in [-0.05, 0) is 97.5 Å². The summed E-state index contributed by atoms with van der Waals surface area (Å²) in [7, 11) is 0. The predicted molar refractivity (Wildman–Crippen MR) is 192 cm³/mol. The Hall–Kier alpha value is -5.75. The third-order valence-corrected chi connectivity index (χ3v) is 10.1. The van der Waals surface area contributed by atoms with Gasteiger partial charge in [0.15, 0.2) is 28.8 Å². The van der Waals surface area contributed by atoms with E-state index in [9.17, 15) is 10.5 Å². The van der Waals surface area contributed by atoms with E-state index in [0.29, 0.717) is 73.4 Å². The molecule has 53 heavy (non-hydrogen) atoms. The van der Waals surface area contributed by atoms with E-state index in [1.54, 1.807) is 12.1 Å². The Labute approximate surface area is 308 Å². The Morgan fingerprint density at radius 2 is 1.04 bits per heavy atom. The van der Waals surface area contributed by atoms with E-state index in [-0.39, 0.29) is 19.1 Å². The zero-order chi connectivity index (χ0) is 36.5. The zero-order valence-corrected chi connectivity index (χ0v) is 29.7. The van der Waals surface area contributed by atoms with Crippen LogP contribution < -0.4 is 18.9 Å². The van der Waals surface area contributed by atoms with Crippen molar-refractivity contribution >= 4 is 6.03 Å². The van der Waals surface area contributed by atoms with E-state index in [4.69, 9.17) is 28.4 Å². The van der Waals surface area contributed by atoms with Crippen LogP contribution in [0.3, 0.4) is 0 Å². The Morgan fingerprint density at radius 3 is 1.47 bits per heavy atom. The quantitative estimate of drug-likeness (QED) is 0.211. The molecule has 0 radical (unpaired) electrons.